The molecule has 0 aromatic heterocycles. The second-order valence-electron chi connectivity index (χ2n) is 5.28. The molecule has 1 aliphatic carbocycles. The first-order valence-corrected chi connectivity index (χ1v) is 7.40. The smallest absolute Gasteiger partial charge is 0.0178 e. The molecule has 1 aromatic rings. The Bertz CT molecular complexity index is 367. The lowest BCUT2D eigenvalue weighted by atomic mass is 9.82. The van der Waals surface area contributed by atoms with Gasteiger partial charge in [0.25, 0.3) is 0 Å². The minimum Gasteiger partial charge on any atom is -0.317 e. The molecule has 0 atom stereocenters. The van der Waals surface area contributed by atoms with Crippen LogP contribution in [0.2, 0.25) is 0 Å². The summed E-state index contributed by atoms with van der Waals surface area (Å²) in [7, 11) is 2.09. The van der Waals surface area contributed by atoms with Crippen LogP contribution in [-0.2, 0) is 6.42 Å². The highest BCUT2D eigenvalue weighted by atomic mass is 79.9. The van der Waals surface area contributed by atoms with Gasteiger partial charge in [-0.3, -0.25) is 0 Å². The van der Waals surface area contributed by atoms with Gasteiger partial charge in [0.15, 0.2) is 0 Å². The third-order valence-corrected chi connectivity index (χ3v) is 4.57. The monoisotopic (exact) mass is 295 g/mol. The number of hydrogen-bond acceptors (Lipinski definition) is 1. The molecule has 0 spiro atoms. The zero-order valence-electron chi connectivity index (χ0n) is 10.8. The molecule has 1 aliphatic rings. The van der Waals surface area contributed by atoms with Crippen LogP contribution in [0.4, 0.5) is 0 Å². The first-order valence-electron chi connectivity index (χ1n) is 6.61. The Balaban J connectivity index is 1.95. The van der Waals surface area contributed by atoms with Crippen LogP contribution >= 0.6 is 15.9 Å². The summed E-state index contributed by atoms with van der Waals surface area (Å²) in [5.41, 5.74) is 2.95. The van der Waals surface area contributed by atoms with Gasteiger partial charge in [0, 0.05) is 10.5 Å². The van der Waals surface area contributed by atoms with Crippen LogP contribution in [0.5, 0.6) is 0 Å². The van der Waals surface area contributed by atoms with E-state index in [1.54, 1.807) is 0 Å². The van der Waals surface area contributed by atoms with E-state index < -0.39 is 0 Å². The first kappa shape index (κ1) is 13.1. The van der Waals surface area contributed by atoms with E-state index in [-0.39, 0.29) is 0 Å². The second-order valence-corrected chi connectivity index (χ2v) is 6.20. The normalized spacial score (nSPS) is 24.9. The molecule has 0 saturated heterocycles. The summed E-state index contributed by atoms with van der Waals surface area (Å²) in [6, 6.07) is 7.41. The molecule has 0 amide bonds. The Morgan fingerprint density at radius 3 is 2.59 bits per heavy atom. The highest BCUT2D eigenvalue weighted by Crippen LogP contribution is 2.29. The van der Waals surface area contributed by atoms with Gasteiger partial charge in [-0.15, -0.1) is 0 Å². The van der Waals surface area contributed by atoms with Crippen molar-refractivity contribution < 1.29 is 0 Å². The molecule has 94 valence electrons. The largest absolute Gasteiger partial charge is 0.317 e. The third-order valence-electron chi connectivity index (χ3n) is 4.07. The van der Waals surface area contributed by atoms with Gasteiger partial charge in [-0.2, -0.15) is 0 Å². The lowest BCUT2D eigenvalue weighted by Gasteiger charge is -2.28. The number of hydrogen-bond donors (Lipinski definition) is 1. The fourth-order valence-electron chi connectivity index (χ4n) is 2.83. The van der Waals surface area contributed by atoms with Crippen LogP contribution in [0.1, 0.15) is 36.8 Å². The molecule has 0 heterocycles. The van der Waals surface area contributed by atoms with Crippen molar-refractivity contribution in [2.45, 2.75) is 45.1 Å². The molecule has 1 fully saturated rings. The highest BCUT2D eigenvalue weighted by molar-refractivity contribution is 9.10. The van der Waals surface area contributed by atoms with Crippen LogP contribution < -0.4 is 5.32 Å². The van der Waals surface area contributed by atoms with E-state index in [0.29, 0.717) is 0 Å². The van der Waals surface area contributed by atoms with E-state index in [1.807, 2.05) is 0 Å². The maximum atomic E-state index is 3.57. The number of rotatable bonds is 3. The Kier molecular flexibility index (Phi) is 4.63. The van der Waals surface area contributed by atoms with Crippen molar-refractivity contribution in [2.75, 3.05) is 7.05 Å². The lowest BCUT2D eigenvalue weighted by molar-refractivity contribution is 0.300. The Morgan fingerprint density at radius 2 is 1.94 bits per heavy atom. The van der Waals surface area contributed by atoms with Crippen molar-refractivity contribution in [3.05, 3.63) is 33.8 Å². The van der Waals surface area contributed by atoms with Crippen LogP contribution in [0.15, 0.2) is 22.7 Å². The fraction of sp³-hybridized carbons (Fsp3) is 0.600. The van der Waals surface area contributed by atoms with Gasteiger partial charge in [-0.1, -0.05) is 22.0 Å². The Morgan fingerprint density at radius 1 is 1.24 bits per heavy atom. The molecule has 2 heteroatoms. The summed E-state index contributed by atoms with van der Waals surface area (Å²) < 4.78 is 1.21. The molecular formula is C15H22BrN. The molecule has 17 heavy (non-hydrogen) atoms. The van der Waals surface area contributed by atoms with E-state index in [4.69, 9.17) is 0 Å². The van der Waals surface area contributed by atoms with Crippen LogP contribution in [0, 0.1) is 12.8 Å². The van der Waals surface area contributed by atoms with Crippen molar-refractivity contribution in [3.8, 4) is 0 Å². The maximum Gasteiger partial charge on any atom is 0.0178 e. The SMILES string of the molecule is CNC1CCC(Cc2cc(Br)ccc2C)CC1. The molecule has 1 aromatic carbocycles. The van der Waals surface area contributed by atoms with Crippen molar-refractivity contribution in [3.63, 3.8) is 0 Å². The van der Waals surface area contributed by atoms with Gasteiger partial charge in [0.2, 0.25) is 0 Å². The maximum absolute atomic E-state index is 3.57. The number of benzene rings is 1. The third kappa shape index (κ3) is 3.56. The van der Waals surface area contributed by atoms with Gasteiger partial charge >= 0.3 is 0 Å². The molecule has 0 aliphatic heterocycles. The number of halogens is 1. The van der Waals surface area contributed by atoms with Gasteiger partial charge < -0.3 is 5.32 Å². The minimum atomic E-state index is 0.759. The summed E-state index contributed by atoms with van der Waals surface area (Å²) in [4.78, 5) is 0. The van der Waals surface area contributed by atoms with Gasteiger partial charge in [0.05, 0.1) is 0 Å². The Labute approximate surface area is 113 Å². The first-order chi connectivity index (χ1) is 8.19. The van der Waals surface area contributed by atoms with Crippen molar-refractivity contribution in [2.24, 2.45) is 5.92 Å². The van der Waals surface area contributed by atoms with E-state index in [0.717, 1.165) is 12.0 Å². The molecular weight excluding hydrogens is 274 g/mol. The fourth-order valence-corrected chi connectivity index (χ4v) is 3.23. The van der Waals surface area contributed by atoms with E-state index in [2.05, 4.69) is 53.4 Å². The molecule has 1 saturated carbocycles. The standard InChI is InChI=1S/C15H22BrN/c1-11-3-6-14(16)10-13(11)9-12-4-7-15(17-2)8-5-12/h3,6,10,12,15,17H,4-5,7-9H2,1-2H3. The summed E-state index contributed by atoms with van der Waals surface area (Å²) in [6.07, 6.45) is 6.68. The van der Waals surface area contributed by atoms with E-state index >= 15 is 0 Å². The summed E-state index contributed by atoms with van der Waals surface area (Å²) in [5, 5.41) is 3.40. The lowest BCUT2D eigenvalue weighted by Crippen LogP contribution is -2.30. The summed E-state index contributed by atoms with van der Waals surface area (Å²) in [5.74, 6) is 0.882. The molecule has 1 nitrogen and oxygen atoms in total. The predicted octanol–water partition coefficient (Wildman–Crippen LogP) is 4.08. The minimum absolute atomic E-state index is 0.759. The molecule has 0 radical (unpaired) electrons. The van der Waals surface area contributed by atoms with Crippen LogP contribution in [0.3, 0.4) is 0 Å². The average Bonchev–Trinajstić information content (AvgIpc) is 2.35. The summed E-state index contributed by atoms with van der Waals surface area (Å²) >= 11 is 3.57. The highest BCUT2D eigenvalue weighted by Gasteiger charge is 2.20. The molecule has 1 N–H and O–H groups in total. The van der Waals surface area contributed by atoms with Crippen molar-refractivity contribution in [1.82, 2.24) is 5.32 Å². The van der Waals surface area contributed by atoms with E-state index in [1.165, 1.54) is 47.7 Å². The van der Waals surface area contributed by atoms with Crippen LogP contribution in [-0.4, -0.2) is 13.1 Å². The van der Waals surface area contributed by atoms with Gasteiger partial charge in [-0.25, -0.2) is 0 Å². The molecule has 2 rings (SSSR count). The quantitative estimate of drug-likeness (QED) is 0.886. The number of nitrogens with one attached hydrogen (secondary N) is 1. The van der Waals surface area contributed by atoms with E-state index in [9.17, 15) is 0 Å². The molecule has 0 bridgehead atoms. The van der Waals surface area contributed by atoms with Crippen LogP contribution in [0.25, 0.3) is 0 Å². The van der Waals surface area contributed by atoms with Crippen molar-refractivity contribution >= 4 is 15.9 Å². The zero-order valence-corrected chi connectivity index (χ0v) is 12.4. The van der Waals surface area contributed by atoms with Crippen molar-refractivity contribution in [1.29, 1.82) is 0 Å². The topological polar surface area (TPSA) is 12.0 Å². The summed E-state index contributed by atoms with van der Waals surface area (Å²) in [6.45, 7) is 2.22. The van der Waals surface area contributed by atoms with Gasteiger partial charge in [-0.05, 0) is 75.3 Å². The second kappa shape index (κ2) is 6.01. The molecule has 0 unspecified atom stereocenters. The van der Waals surface area contributed by atoms with Gasteiger partial charge in [0.1, 0.15) is 0 Å². The predicted molar refractivity (Wildman–Crippen MR) is 77.4 cm³/mol. The number of aryl methyl sites for hydroxylation is 1. The average molecular weight is 296 g/mol. The Hall–Kier alpha value is -0.340. The zero-order chi connectivity index (χ0) is 12.3.